The molecule has 1 unspecified atom stereocenters. The molecular formula is C8H13N3O2. The number of ether oxygens (including phenoxy) is 1. The van der Waals surface area contributed by atoms with E-state index < -0.39 is 6.10 Å². The van der Waals surface area contributed by atoms with Gasteiger partial charge in [0.25, 0.3) is 0 Å². The fourth-order valence-electron chi connectivity index (χ4n) is 0.838. The van der Waals surface area contributed by atoms with E-state index >= 15 is 0 Å². The zero-order valence-corrected chi connectivity index (χ0v) is 7.47. The van der Waals surface area contributed by atoms with Crippen LogP contribution in [0.25, 0.3) is 0 Å². The standard InChI is InChI=1S/C8H13N3O2/c1-2-13-8-10-4-6(5-11-8)7(12)3-9/h4-5,7,12H,2-3,9H2,1H3. The van der Waals surface area contributed by atoms with Crippen LogP contribution in [0.3, 0.4) is 0 Å². The smallest absolute Gasteiger partial charge is 0.316 e. The van der Waals surface area contributed by atoms with Crippen molar-refractivity contribution in [2.24, 2.45) is 5.73 Å². The lowest BCUT2D eigenvalue weighted by Gasteiger charge is -2.06. The number of aliphatic hydroxyl groups is 1. The van der Waals surface area contributed by atoms with Crippen LogP contribution in [0.4, 0.5) is 0 Å². The van der Waals surface area contributed by atoms with Gasteiger partial charge in [-0.25, -0.2) is 9.97 Å². The lowest BCUT2D eigenvalue weighted by molar-refractivity contribution is 0.185. The van der Waals surface area contributed by atoms with Crippen LogP contribution in [0.1, 0.15) is 18.6 Å². The van der Waals surface area contributed by atoms with Gasteiger partial charge in [0.05, 0.1) is 12.7 Å². The molecule has 1 aromatic heterocycles. The van der Waals surface area contributed by atoms with Crippen LogP contribution in [-0.2, 0) is 0 Å². The number of rotatable bonds is 4. The van der Waals surface area contributed by atoms with E-state index in [1.165, 1.54) is 12.4 Å². The predicted octanol–water partition coefficient (Wildman–Crippen LogP) is -0.133. The monoisotopic (exact) mass is 183 g/mol. The third-order valence-corrected chi connectivity index (χ3v) is 1.53. The van der Waals surface area contributed by atoms with Gasteiger partial charge in [-0.05, 0) is 6.92 Å². The molecule has 3 N–H and O–H groups in total. The molecule has 1 atom stereocenters. The number of nitrogens with two attached hydrogens (primary N) is 1. The Morgan fingerprint density at radius 1 is 1.54 bits per heavy atom. The number of nitrogens with zero attached hydrogens (tertiary/aromatic N) is 2. The van der Waals surface area contributed by atoms with E-state index in [4.69, 9.17) is 10.5 Å². The Bertz CT molecular complexity index is 250. The molecule has 0 spiro atoms. The van der Waals surface area contributed by atoms with E-state index in [1.807, 2.05) is 6.92 Å². The Labute approximate surface area is 76.6 Å². The number of hydrogen-bond donors (Lipinski definition) is 2. The average molecular weight is 183 g/mol. The molecular weight excluding hydrogens is 170 g/mol. The van der Waals surface area contributed by atoms with Crippen molar-refractivity contribution in [1.29, 1.82) is 0 Å². The lowest BCUT2D eigenvalue weighted by Crippen LogP contribution is -2.12. The van der Waals surface area contributed by atoms with Crippen LogP contribution in [0.2, 0.25) is 0 Å². The predicted molar refractivity (Wildman–Crippen MR) is 47.2 cm³/mol. The average Bonchev–Trinajstić information content (AvgIpc) is 2.18. The summed E-state index contributed by atoms with van der Waals surface area (Å²) in [6.07, 6.45) is 2.32. The highest BCUT2D eigenvalue weighted by molar-refractivity contribution is 5.10. The molecule has 0 amide bonds. The van der Waals surface area contributed by atoms with Crippen molar-refractivity contribution in [3.8, 4) is 6.01 Å². The maximum atomic E-state index is 9.30. The first-order chi connectivity index (χ1) is 6.27. The van der Waals surface area contributed by atoms with Crippen molar-refractivity contribution in [1.82, 2.24) is 9.97 Å². The summed E-state index contributed by atoms with van der Waals surface area (Å²) >= 11 is 0. The van der Waals surface area contributed by atoms with Crippen molar-refractivity contribution in [2.45, 2.75) is 13.0 Å². The molecule has 0 radical (unpaired) electrons. The largest absolute Gasteiger partial charge is 0.464 e. The topological polar surface area (TPSA) is 81.3 Å². The summed E-state index contributed by atoms with van der Waals surface area (Å²) in [5.41, 5.74) is 5.87. The maximum absolute atomic E-state index is 9.30. The molecule has 0 aliphatic rings. The Morgan fingerprint density at radius 3 is 2.62 bits per heavy atom. The third kappa shape index (κ3) is 2.64. The summed E-state index contributed by atoms with van der Waals surface area (Å²) in [5, 5.41) is 9.30. The second-order valence-corrected chi connectivity index (χ2v) is 2.48. The zero-order valence-electron chi connectivity index (χ0n) is 7.47. The van der Waals surface area contributed by atoms with Crippen LogP contribution in [0.15, 0.2) is 12.4 Å². The van der Waals surface area contributed by atoms with Crippen LogP contribution in [0, 0.1) is 0 Å². The first-order valence-corrected chi connectivity index (χ1v) is 4.10. The molecule has 5 nitrogen and oxygen atoms in total. The van der Waals surface area contributed by atoms with E-state index in [0.717, 1.165) is 0 Å². The molecule has 0 bridgehead atoms. The summed E-state index contributed by atoms with van der Waals surface area (Å²) in [6, 6.07) is 0.315. The molecule has 1 aromatic rings. The van der Waals surface area contributed by atoms with Crippen LogP contribution in [-0.4, -0.2) is 28.2 Å². The van der Waals surface area contributed by atoms with E-state index in [9.17, 15) is 5.11 Å². The number of aliphatic hydroxyl groups excluding tert-OH is 1. The van der Waals surface area contributed by atoms with Crippen molar-refractivity contribution in [3.63, 3.8) is 0 Å². The molecule has 72 valence electrons. The minimum atomic E-state index is -0.698. The maximum Gasteiger partial charge on any atom is 0.316 e. The third-order valence-electron chi connectivity index (χ3n) is 1.53. The summed E-state index contributed by atoms with van der Waals surface area (Å²) in [4.78, 5) is 7.78. The molecule has 0 saturated heterocycles. The van der Waals surface area contributed by atoms with Gasteiger partial charge in [0.15, 0.2) is 0 Å². The Balaban J connectivity index is 2.69. The van der Waals surface area contributed by atoms with Crippen molar-refractivity contribution >= 4 is 0 Å². The number of aromatic nitrogens is 2. The van der Waals surface area contributed by atoms with Gasteiger partial charge in [-0.1, -0.05) is 0 Å². The summed E-state index contributed by atoms with van der Waals surface area (Å²) < 4.78 is 5.04. The van der Waals surface area contributed by atoms with Gasteiger partial charge in [0.1, 0.15) is 0 Å². The highest BCUT2D eigenvalue weighted by atomic mass is 16.5. The fourth-order valence-corrected chi connectivity index (χ4v) is 0.838. The normalized spacial score (nSPS) is 12.5. The van der Waals surface area contributed by atoms with Crippen LogP contribution < -0.4 is 10.5 Å². The van der Waals surface area contributed by atoms with E-state index in [0.29, 0.717) is 18.2 Å². The Morgan fingerprint density at radius 2 is 2.15 bits per heavy atom. The van der Waals surface area contributed by atoms with Gasteiger partial charge in [-0.15, -0.1) is 0 Å². The second-order valence-electron chi connectivity index (χ2n) is 2.48. The van der Waals surface area contributed by atoms with E-state index in [-0.39, 0.29) is 6.54 Å². The van der Waals surface area contributed by atoms with Crippen LogP contribution in [0.5, 0.6) is 6.01 Å². The Kier molecular flexibility index (Phi) is 3.60. The van der Waals surface area contributed by atoms with Gasteiger partial charge in [0.2, 0.25) is 0 Å². The van der Waals surface area contributed by atoms with Gasteiger partial charge in [0, 0.05) is 24.5 Å². The molecule has 0 saturated carbocycles. The highest BCUT2D eigenvalue weighted by Gasteiger charge is 2.05. The molecule has 1 rings (SSSR count). The first-order valence-electron chi connectivity index (χ1n) is 4.10. The lowest BCUT2D eigenvalue weighted by atomic mass is 10.2. The first kappa shape index (κ1) is 9.88. The van der Waals surface area contributed by atoms with Crippen LogP contribution >= 0.6 is 0 Å². The van der Waals surface area contributed by atoms with Gasteiger partial charge >= 0.3 is 6.01 Å². The van der Waals surface area contributed by atoms with E-state index in [1.54, 1.807) is 0 Å². The second kappa shape index (κ2) is 4.74. The minimum absolute atomic E-state index is 0.164. The molecule has 5 heteroatoms. The molecule has 0 aliphatic carbocycles. The van der Waals surface area contributed by atoms with Crippen molar-refractivity contribution in [3.05, 3.63) is 18.0 Å². The Hall–Kier alpha value is -1.20. The molecule has 0 aliphatic heterocycles. The minimum Gasteiger partial charge on any atom is -0.464 e. The molecule has 1 heterocycles. The van der Waals surface area contributed by atoms with Crippen molar-refractivity contribution < 1.29 is 9.84 Å². The number of hydrogen-bond acceptors (Lipinski definition) is 5. The highest BCUT2D eigenvalue weighted by Crippen LogP contribution is 2.10. The summed E-state index contributed by atoms with van der Waals surface area (Å²) in [7, 11) is 0. The molecule has 13 heavy (non-hydrogen) atoms. The SMILES string of the molecule is CCOc1ncc(C(O)CN)cn1. The van der Waals surface area contributed by atoms with E-state index in [2.05, 4.69) is 9.97 Å². The van der Waals surface area contributed by atoms with Gasteiger partial charge in [-0.3, -0.25) is 0 Å². The zero-order chi connectivity index (χ0) is 9.68. The van der Waals surface area contributed by atoms with Gasteiger partial charge in [-0.2, -0.15) is 0 Å². The van der Waals surface area contributed by atoms with Gasteiger partial charge < -0.3 is 15.6 Å². The fraction of sp³-hybridized carbons (Fsp3) is 0.500. The van der Waals surface area contributed by atoms with Crippen molar-refractivity contribution in [2.75, 3.05) is 13.2 Å². The molecule has 0 aromatic carbocycles. The summed E-state index contributed by atoms with van der Waals surface area (Å²) in [5.74, 6) is 0. The summed E-state index contributed by atoms with van der Waals surface area (Å²) in [6.45, 7) is 2.54. The molecule has 0 fully saturated rings. The quantitative estimate of drug-likeness (QED) is 0.679.